The number of benzene rings is 1. The third-order valence-corrected chi connectivity index (χ3v) is 4.30. The predicted molar refractivity (Wildman–Crippen MR) is 92.1 cm³/mol. The third kappa shape index (κ3) is 5.52. The molecule has 0 spiro atoms. The van der Waals surface area contributed by atoms with Gasteiger partial charge in [0, 0.05) is 24.4 Å². The molecule has 1 saturated carbocycles. The molecule has 23 heavy (non-hydrogen) atoms. The molecule has 1 amide bonds. The zero-order valence-corrected chi connectivity index (χ0v) is 14.2. The summed E-state index contributed by atoms with van der Waals surface area (Å²) >= 11 is 0. The molecule has 128 valence electrons. The number of ketones is 1. The van der Waals surface area contributed by atoms with Crippen molar-refractivity contribution in [1.29, 1.82) is 0 Å². The molecule has 1 aliphatic carbocycles. The number of nitrogens with two attached hydrogens (primary N) is 1. The monoisotopic (exact) mass is 340 g/mol. The van der Waals surface area contributed by atoms with Crippen LogP contribution in [-0.2, 0) is 4.79 Å². The van der Waals surface area contributed by atoms with Crippen molar-refractivity contribution in [1.82, 2.24) is 5.32 Å². The quantitative estimate of drug-likeness (QED) is 0.746. The zero-order chi connectivity index (χ0) is 15.9. The summed E-state index contributed by atoms with van der Waals surface area (Å²) in [7, 11) is 1.58. The van der Waals surface area contributed by atoms with Crippen LogP contribution in [0.4, 0.5) is 0 Å². The Morgan fingerprint density at radius 3 is 2.52 bits per heavy atom. The van der Waals surface area contributed by atoms with E-state index in [1.54, 1.807) is 31.4 Å². The number of amides is 1. The lowest BCUT2D eigenvalue weighted by molar-refractivity contribution is -0.122. The fourth-order valence-electron chi connectivity index (χ4n) is 2.94. The molecule has 1 aromatic carbocycles. The van der Waals surface area contributed by atoms with Crippen molar-refractivity contribution in [2.45, 2.75) is 38.1 Å². The molecule has 0 bridgehead atoms. The molecule has 2 unspecified atom stereocenters. The number of nitrogens with one attached hydrogen (secondary N) is 1. The van der Waals surface area contributed by atoms with Gasteiger partial charge >= 0.3 is 0 Å². The van der Waals surface area contributed by atoms with Crippen molar-refractivity contribution in [3.8, 4) is 5.75 Å². The highest BCUT2D eigenvalue weighted by atomic mass is 35.5. The van der Waals surface area contributed by atoms with Gasteiger partial charge in [-0.25, -0.2) is 0 Å². The van der Waals surface area contributed by atoms with E-state index < -0.39 is 0 Å². The van der Waals surface area contributed by atoms with E-state index in [-0.39, 0.29) is 43.0 Å². The van der Waals surface area contributed by atoms with Crippen LogP contribution in [-0.4, -0.2) is 31.4 Å². The lowest BCUT2D eigenvalue weighted by Gasteiger charge is -2.19. The SMILES string of the molecule is COc1ccc(C(=O)CCC(=O)NC2CCCC2CN)cc1.Cl. The van der Waals surface area contributed by atoms with Gasteiger partial charge in [0.25, 0.3) is 0 Å². The molecule has 1 fully saturated rings. The number of carbonyl (C=O) groups excluding carboxylic acids is 2. The van der Waals surface area contributed by atoms with Gasteiger partial charge in [0.1, 0.15) is 5.75 Å². The lowest BCUT2D eigenvalue weighted by Crippen LogP contribution is -2.39. The summed E-state index contributed by atoms with van der Waals surface area (Å²) in [6.07, 6.45) is 3.61. The standard InChI is InChI=1S/C17H24N2O3.ClH/c1-22-14-7-5-12(6-8-14)16(20)9-10-17(21)19-15-4-2-3-13(15)11-18;/h5-8,13,15H,2-4,9-11,18H2,1H3,(H,19,21);1H. The molecule has 5 nitrogen and oxygen atoms in total. The maximum Gasteiger partial charge on any atom is 0.220 e. The van der Waals surface area contributed by atoms with Crippen molar-refractivity contribution >= 4 is 24.1 Å². The maximum absolute atomic E-state index is 12.1. The van der Waals surface area contributed by atoms with Crippen molar-refractivity contribution in [2.24, 2.45) is 11.7 Å². The molecule has 0 radical (unpaired) electrons. The Labute approximate surface area is 143 Å². The minimum Gasteiger partial charge on any atom is -0.497 e. The van der Waals surface area contributed by atoms with E-state index in [0.29, 0.717) is 23.8 Å². The summed E-state index contributed by atoms with van der Waals surface area (Å²) in [6, 6.07) is 7.12. The second-order valence-corrected chi connectivity index (χ2v) is 5.75. The largest absolute Gasteiger partial charge is 0.497 e. The van der Waals surface area contributed by atoms with E-state index in [0.717, 1.165) is 19.3 Å². The first-order valence-electron chi connectivity index (χ1n) is 7.80. The fourth-order valence-corrected chi connectivity index (χ4v) is 2.94. The highest BCUT2D eigenvalue weighted by Gasteiger charge is 2.27. The maximum atomic E-state index is 12.1. The van der Waals surface area contributed by atoms with Crippen molar-refractivity contribution in [3.63, 3.8) is 0 Å². The van der Waals surface area contributed by atoms with E-state index in [1.165, 1.54) is 0 Å². The van der Waals surface area contributed by atoms with Gasteiger partial charge in [-0.3, -0.25) is 9.59 Å². The molecule has 0 heterocycles. The Kier molecular flexibility index (Phi) is 8.06. The summed E-state index contributed by atoms with van der Waals surface area (Å²) in [5.74, 6) is 0.997. The van der Waals surface area contributed by atoms with Crippen LogP contribution in [0.1, 0.15) is 42.5 Å². The smallest absolute Gasteiger partial charge is 0.220 e. The number of halogens is 1. The molecule has 2 rings (SSSR count). The summed E-state index contributed by atoms with van der Waals surface area (Å²) < 4.78 is 5.06. The summed E-state index contributed by atoms with van der Waals surface area (Å²) in [4.78, 5) is 24.0. The molecule has 3 N–H and O–H groups in total. The Balaban J connectivity index is 0.00000264. The topological polar surface area (TPSA) is 81.4 Å². The van der Waals surface area contributed by atoms with Crippen LogP contribution in [0.25, 0.3) is 0 Å². The van der Waals surface area contributed by atoms with Crippen LogP contribution < -0.4 is 15.8 Å². The Hall–Kier alpha value is -1.59. The molecule has 6 heteroatoms. The fraction of sp³-hybridized carbons (Fsp3) is 0.529. The minimum absolute atomic E-state index is 0. The van der Waals surface area contributed by atoms with Crippen molar-refractivity contribution < 1.29 is 14.3 Å². The molecular weight excluding hydrogens is 316 g/mol. The summed E-state index contributed by atoms with van der Waals surface area (Å²) in [5.41, 5.74) is 6.31. The third-order valence-electron chi connectivity index (χ3n) is 4.30. The number of hydrogen-bond acceptors (Lipinski definition) is 4. The number of rotatable bonds is 7. The minimum atomic E-state index is -0.0628. The van der Waals surface area contributed by atoms with Gasteiger partial charge in [0.05, 0.1) is 7.11 Å². The second kappa shape index (κ2) is 9.53. The number of carbonyl (C=O) groups is 2. The number of Topliss-reactive ketones (excluding diaryl/α,β-unsaturated/α-hetero) is 1. The number of ether oxygens (including phenoxy) is 1. The molecule has 0 saturated heterocycles. The number of hydrogen-bond donors (Lipinski definition) is 2. The van der Waals surface area contributed by atoms with Crippen LogP contribution in [0.2, 0.25) is 0 Å². The van der Waals surface area contributed by atoms with Gasteiger partial charge in [-0.1, -0.05) is 6.42 Å². The van der Waals surface area contributed by atoms with Crippen LogP contribution >= 0.6 is 12.4 Å². The first-order valence-corrected chi connectivity index (χ1v) is 7.80. The van der Waals surface area contributed by atoms with Crippen LogP contribution in [0.5, 0.6) is 5.75 Å². The average molecular weight is 341 g/mol. The molecule has 1 aliphatic rings. The molecule has 1 aromatic rings. The van der Waals surface area contributed by atoms with E-state index in [4.69, 9.17) is 10.5 Å². The van der Waals surface area contributed by atoms with Gasteiger partial charge < -0.3 is 15.8 Å². The van der Waals surface area contributed by atoms with E-state index in [9.17, 15) is 9.59 Å². The Morgan fingerprint density at radius 2 is 1.91 bits per heavy atom. The van der Waals surface area contributed by atoms with E-state index >= 15 is 0 Å². The van der Waals surface area contributed by atoms with Crippen LogP contribution in [0, 0.1) is 5.92 Å². The van der Waals surface area contributed by atoms with E-state index in [2.05, 4.69) is 5.32 Å². The zero-order valence-electron chi connectivity index (χ0n) is 13.4. The van der Waals surface area contributed by atoms with Gasteiger partial charge in [0.15, 0.2) is 5.78 Å². The summed E-state index contributed by atoms with van der Waals surface area (Å²) in [5, 5.41) is 3.01. The average Bonchev–Trinajstić information content (AvgIpc) is 2.99. The molecule has 2 atom stereocenters. The second-order valence-electron chi connectivity index (χ2n) is 5.75. The Bertz CT molecular complexity index is 519. The predicted octanol–water partition coefficient (Wildman–Crippen LogP) is 2.32. The van der Waals surface area contributed by atoms with Gasteiger partial charge in [0.2, 0.25) is 5.91 Å². The highest BCUT2D eigenvalue weighted by molar-refractivity contribution is 5.98. The highest BCUT2D eigenvalue weighted by Crippen LogP contribution is 2.24. The molecule has 0 aromatic heterocycles. The van der Waals surface area contributed by atoms with Gasteiger partial charge in [-0.2, -0.15) is 0 Å². The lowest BCUT2D eigenvalue weighted by atomic mass is 10.0. The molecular formula is C17H25ClN2O3. The normalized spacial score (nSPS) is 19.7. The Morgan fingerprint density at radius 1 is 1.22 bits per heavy atom. The van der Waals surface area contributed by atoms with Crippen molar-refractivity contribution in [2.75, 3.05) is 13.7 Å². The van der Waals surface area contributed by atoms with Gasteiger partial charge in [-0.15, -0.1) is 12.4 Å². The molecule has 0 aliphatic heterocycles. The summed E-state index contributed by atoms with van der Waals surface area (Å²) in [6.45, 7) is 0.607. The first-order chi connectivity index (χ1) is 10.6. The van der Waals surface area contributed by atoms with Crippen LogP contribution in [0.3, 0.4) is 0 Å². The first kappa shape index (κ1) is 19.5. The van der Waals surface area contributed by atoms with E-state index in [1.807, 2.05) is 0 Å². The van der Waals surface area contributed by atoms with Gasteiger partial charge in [-0.05, 0) is 49.6 Å². The van der Waals surface area contributed by atoms with Crippen LogP contribution in [0.15, 0.2) is 24.3 Å². The number of methoxy groups -OCH3 is 1. The van der Waals surface area contributed by atoms with Crippen molar-refractivity contribution in [3.05, 3.63) is 29.8 Å².